The number of benzene rings is 3. The van der Waals surface area contributed by atoms with Crippen molar-refractivity contribution in [3.8, 4) is 17.2 Å². The second kappa shape index (κ2) is 14.8. The molecule has 0 aliphatic carbocycles. The van der Waals surface area contributed by atoms with E-state index in [0.717, 1.165) is 4.31 Å². The second-order valence-corrected chi connectivity index (χ2v) is 13.5. The van der Waals surface area contributed by atoms with E-state index < -0.39 is 45.8 Å². The SMILES string of the molecule is CC[C@@H](C(=O)NC(C)(C)C)N(Cc1ccc(F)cc1)C(=O)CN(c1cc(Cl)ccc1OC)S(=O)(=O)c1ccc(OC)c(OC)c1. The summed E-state index contributed by atoms with van der Waals surface area (Å²) in [6.45, 7) is 6.36. The van der Waals surface area contributed by atoms with Gasteiger partial charge in [0.05, 0.1) is 31.9 Å². The van der Waals surface area contributed by atoms with Gasteiger partial charge in [-0.05, 0) is 75.2 Å². The summed E-state index contributed by atoms with van der Waals surface area (Å²) in [5.74, 6) is -0.976. The minimum absolute atomic E-state index is 0.00191. The molecule has 3 aromatic rings. The molecule has 0 saturated heterocycles. The summed E-state index contributed by atoms with van der Waals surface area (Å²) in [4.78, 5) is 28.9. The molecule has 45 heavy (non-hydrogen) atoms. The number of methoxy groups -OCH3 is 3. The maximum absolute atomic E-state index is 14.3. The van der Waals surface area contributed by atoms with Gasteiger partial charge in [0, 0.05) is 23.2 Å². The van der Waals surface area contributed by atoms with Gasteiger partial charge < -0.3 is 24.4 Å². The number of rotatable bonds is 13. The minimum atomic E-state index is -4.49. The van der Waals surface area contributed by atoms with Crippen LogP contribution in [0.3, 0.4) is 0 Å². The molecule has 0 unspecified atom stereocenters. The van der Waals surface area contributed by atoms with Crippen LogP contribution in [0.25, 0.3) is 0 Å². The standard InChI is InChI=1S/C32H39ClFN3O7S/c1-8-25(31(39)35-32(2,3)4)36(19-21-9-12-23(34)13-10-21)30(38)20-37(26-17-22(33)11-15-27(26)42-5)45(40,41)24-14-16-28(43-6)29(18-24)44-7/h9-18,25H,8,19-20H2,1-7H3,(H,35,39)/t25-/m0/s1. The molecule has 244 valence electrons. The van der Waals surface area contributed by atoms with E-state index in [0.29, 0.717) is 11.3 Å². The van der Waals surface area contributed by atoms with Crippen LogP contribution in [0.1, 0.15) is 39.7 Å². The number of halogens is 2. The van der Waals surface area contributed by atoms with E-state index >= 15 is 0 Å². The van der Waals surface area contributed by atoms with Crippen LogP contribution >= 0.6 is 11.6 Å². The van der Waals surface area contributed by atoms with Crippen molar-refractivity contribution >= 4 is 39.1 Å². The van der Waals surface area contributed by atoms with Crippen molar-refractivity contribution in [1.82, 2.24) is 10.2 Å². The van der Waals surface area contributed by atoms with Gasteiger partial charge in [0.1, 0.15) is 24.2 Å². The summed E-state index contributed by atoms with van der Waals surface area (Å²) < 4.78 is 59.3. The van der Waals surface area contributed by atoms with E-state index in [-0.39, 0.29) is 40.1 Å². The normalized spacial score (nSPS) is 12.2. The number of carbonyl (C=O) groups is 2. The molecule has 0 heterocycles. The van der Waals surface area contributed by atoms with Crippen LogP contribution in [0.15, 0.2) is 65.6 Å². The van der Waals surface area contributed by atoms with Gasteiger partial charge in [-0.25, -0.2) is 12.8 Å². The first-order valence-corrected chi connectivity index (χ1v) is 15.9. The lowest BCUT2D eigenvalue weighted by Crippen LogP contribution is -2.55. The first-order chi connectivity index (χ1) is 21.1. The highest BCUT2D eigenvalue weighted by molar-refractivity contribution is 7.92. The Morgan fingerprint density at radius 1 is 0.911 bits per heavy atom. The highest BCUT2D eigenvalue weighted by Gasteiger charge is 2.36. The van der Waals surface area contributed by atoms with E-state index in [1.54, 1.807) is 6.92 Å². The monoisotopic (exact) mass is 663 g/mol. The zero-order valence-electron chi connectivity index (χ0n) is 26.4. The number of amides is 2. The molecular weight excluding hydrogens is 625 g/mol. The maximum atomic E-state index is 14.3. The van der Waals surface area contributed by atoms with Crippen molar-refractivity contribution < 1.29 is 36.6 Å². The number of anilines is 1. The maximum Gasteiger partial charge on any atom is 0.265 e. The molecule has 0 fully saturated rings. The number of nitrogens with one attached hydrogen (secondary N) is 1. The van der Waals surface area contributed by atoms with E-state index in [1.807, 2.05) is 20.8 Å². The summed E-state index contributed by atoms with van der Waals surface area (Å²) in [7, 11) is -0.335. The van der Waals surface area contributed by atoms with Crippen molar-refractivity contribution in [1.29, 1.82) is 0 Å². The zero-order valence-corrected chi connectivity index (χ0v) is 28.0. The van der Waals surface area contributed by atoms with Crippen molar-refractivity contribution in [2.75, 3.05) is 32.2 Å². The van der Waals surface area contributed by atoms with Crippen LogP contribution in [0.2, 0.25) is 5.02 Å². The molecule has 0 aliphatic heterocycles. The lowest BCUT2D eigenvalue weighted by molar-refractivity contribution is -0.141. The Hall–Kier alpha value is -4.03. The predicted molar refractivity (Wildman–Crippen MR) is 171 cm³/mol. The molecule has 3 rings (SSSR count). The highest BCUT2D eigenvalue weighted by Crippen LogP contribution is 2.37. The van der Waals surface area contributed by atoms with Crippen LogP contribution < -0.4 is 23.8 Å². The van der Waals surface area contributed by atoms with Crippen LogP contribution in [-0.2, 0) is 26.2 Å². The summed E-state index contributed by atoms with van der Waals surface area (Å²) in [5, 5.41) is 3.10. The fourth-order valence-electron chi connectivity index (χ4n) is 4.63. The Labute approximate surface area is 269 Å². The van der Waals surface area contributed by atoms with Crippen molar-refractivity contribution in [3.05, 3.63) is 77.1 Å². The van der Waals surface area contributed by atoms with Gasteiger partial charge in [-0.2, -0.15) is 0 Å². The van der Waals surface area contributed by atoms with Crippen molar-refractivity contribution in [3.63, 3.8) is 0 Å². The number of sulfonamides is 1. The van der Waals surface area contributed by atoms with Crippen LogP contribution in [0.5, 0.6) is 17.2 Å². The molecule has 0 aromatic heterocycles. The fourth-order valence-corrected chi connectivity index (χ4v) is 6.23. The number of hydrogen-bond acceptors (Lipinski definition) is 7. The van der Waals surface area contributed by atoms with Gasteiger partial charge >= 0.3 is 0 Å². The summed E-state index contributed by atoms with van der Waals surface area (Å²) in [6, 6.07) is 13.0. The molecule has 0 spiro atoms. The van der Waals surface area contributed by atoms with E-state index in [9.17, 15) is 22.4 Å². The largest absolute Gasteiger partial charge is 0.495 e. The van der Waals surface area contributed by atoms with Gasteiger partial charge in [0.25, 0.3) is 10.0 Å². The van der Waals surface area contributed by atoms with Crippen LogP contribution in [0.4, 0.5) is 10.1 Å². The second-order valence-electron chi connectivity index (χ2n) is 11.2. The third-order valence-electron chi connectivity index (χ3n) is 6.78. The zero-order chi connectivity index (χ0) is 33.5. The molecule has 2 amide bonds. The summed E-state index contributed by atoms with van der Waals surface area (Å²) in [6.07, 6.45) is 0.220. The molecule has 3 aromatic carbocycles. The van der Waals surface area contributed by atoms with Crippen molar-refractivity contribution in [2.24, 2.45) is 0 Å². The lowest BCUT2D eigenvalue weighted by Gasteiger charge is -2.35. The minimum Gasteiger partial charge on any atom is -0.495 e. The van der Waals surface area contributed by atoms with Gasteiger partial charge in [0.2, 0.25) is 11.8 Å². The Kier molecular flexibility index (Phi) is 11.7. The lowest BCUT2D eigenvalue weighted by atomic mass is 10.1. The first kappa shape index (κ1) is 35.4. The highest BCUT2D eigenvalue weighted by atomic mass is 35.5. The third-order valence-corrected chi connectivity index (χ3v) is 8.77. The molecule has 10 nitrogen and oxygen atoms in total. The van der Waals surface area contributed by atoms with Gasteiger partial charge in [-0.1, -0.05) is 30.7 Å². The van der Waals surface area contributed by atoms with Crippen LogP contribution in [0, 0.1) is 5.82 Å². The molecule has 0 saturated carbocycles. The third kappa shape index (κ3) is 8.79. The quantitative estimate of drug-likeness (QED) is 0.260. The average Bonchev–Trinajstić information content (AvgIpc) is 2.99. The first-order valence-electron chi connectivity index (χ1n) is 14.1. The molecule has 0 bridgehead atoms. The van der Waals surface area contributed by atoms with Crippen molar-refractivity contribution in [2.45, 2.75) is 57.1 Å². The molecule has 0 radical (unpaired) electrons. The Morgan fingerprint density at radius 3 is 2.07 bits per heavy atom. The number of nitrogens with zero attached hydrogens (tertiary/aromatic N) is 2. The predicted octanol–water partition coefficient (Wildman–Crippen LogP) is 5.42. The van der Waals surface area contributed by atoms with Crippen LogP contribution in [-0.4, -0.2) is 64.6 Å². The Bertz CT molecular complexity index is 1610. The van der Waals surface area contributed by atoms with Gasteiger partial charge in [-0.15, -0.1) is 0 Å². The summed E-state index contributed by atoms with van der Waals surface area (Å²) in [5.41, 5.74) is -0.0602. The van der Waals surface area contributed by atoms with Gasteiger partial charge in [-0.3, -0.25) is 13.9 Å². The number of hydrogen-bond donors (Lipinski definition) is 1. The Balaban J connectivity index is 2.18. The number of ether oxygens (including phenoxy) is 3. The average molecular weight is 664 g/mol. The van der Waals surface area contributed by atoms with E-state index in [4.69, 9.17) is 25.8 Å². The van der Waals surface area contributed by atoms with Gasteiger partial charge in [0.15, 0.2) is 11.5 Å². The Morgan fingerprint density at radius 2 is 1.51 bits per heavy atom. The molecule has 1 atom stereocenters. The van der Waals surface area contributed by atoms with E-state index in [1.165, 1.54) is 86.9 Å². The molecule has 13 heteroatoms. The van der Waals surface area contributed by atoms with E-state index in [2.05, 4.69) is 5.32 Å². The fraction of sp³-hybridized carbons (Fsp3) is 0.375. The molecule has 1 N–H and O–H groups in total. The smallest absolute Gasteiger partial charge is 0.265 e. The summed E-state index contributed by atoms with van der Waals surface area (Å²) >= 11 is 6.30. The molecular formula is C32H39ClFN3O7S. The molecule has 0 aliphatic rings. The topological polar surface area (TPSA) is 114 Å². The number of carbonyl (C=O) groups excluding carboxylic acids is 2.